The zero-order valence-electron chi connectivity index (χ0n) is 10.2. The number of nitrogens with one attached hydrogen (secondary N) is 1. The number of hydrogen-bond acceptors (Lipinski definition) is 4. The summed E-state index contributed by atoms with van der Waals surface area (Å²) in [5.74, 6) is -0.917. The lowest BCUT2D eigenvalue weighted by Gasteiger charge is -2.03. The molecule has 0 aromatic heterocycles. The molecule has 6 heteroatoms. The topological polar surface area (TPSA) is 81.9 Å². The maximum atomic E-state index is 10.9. The number of benzene rings is 2. The van der Waals surface area contributed by atoms with Gasteiger partial charge in [0.15, 0.2) is 0 Å². The van der Waals surface area contributed by atoms with Crippen molar-refractivity contribution in [3.63, 3.8) is 0 Å². The second-order valence-corrected chi connectivity index (χ2v) is 4.37. The monoisotopic (exact) mass is 290 g/mol. The van der Waals surface area contributed by atoms with Crippen molar-refractivity contribution in [3.8, 4) is 5.75 Å². The first-order valence-corrected chi connectivity index (χ1v) is 6.05. The molecule has 2 rings (SSSR count). The van der Waals surface area contributed by atoms with Gasteiger partial charge in [0.25, 0.3) is 0 Å². The van der Waals surface area contributed by atoms with Gasteiger partial charge in [0.1, 0.15) is 5.75 Å². The molecule has 0 aliphatic rings. The van der Waals surface area contributed by atoms with Gasteiger partial charge >= 0.3 is 5.97 Å². The highest BCUT2D eigenvalue weighted by Crippen LogP contribution is 2.20. The number of carboxylic acids is 1. The number of aromatic hydroxyl groups is 1. The fraction of sp³-hybridized carbons (Fsp3) is 0. The van der Waals surface area contributed by atoms with Crippen LogP contribution in [0, 0.1) is 0 Å². The number of carboxylic acid groups (broad SMARTS) is 1. The fourth-order valence-corrected chi connectivity index (χ4v) is 1.70. The van der Waals surface area contributed by atoms with E-state index in [-0.39, 0.29) is 16.3 Å². The standard InChI is InChI=1S/C14H11ClN2O3/c15-13-6-3-10(7-12(13)14(19)20)17-16-8-9-1-4-11(18)5-2-9/h1-8,17-18H,(H,19,20)/b16-8+. The Hall–Kier alpha value is -2.53. The number of aromatic carboxylic acids is 1. The Labute approximate surface area is 120 Å². The summed E-state index contributed by atoms with van der Waals surface area (Å²) in [6.07, 6.45) is 1.55. The number of phenols is 1. The lowest BCUT2D eigenvalue weighted by Crippen LogP contribution is -1.99. The summed E-state index contributed by atoms with van der Waals surface area (Å²) < 4.78 is 0. The molecule has 0 unspecified atom stereocenters. The third kappa shape index (κ3) is 3.49. The van der Waals surface area contributed by atoms with Crippen molar-refractivity contribution in [3.05, 3.63) is 58.6 Å². The number of nitrogens with zero attached hydrogens (tertiary/aromatic N) is 1. The van der Waals surface area contributed by atoms with E-state index in [0.29, 0.717) is 5.69 Å². The van der Waals surface area contributed by atoms with Gasteiger partial charge in [-0.05, 0) is 48.0 Å². The van der Waals surface area contributed by atoms with Crippen molar-refractivity contribution in [1.29, 1.82) is 0 Å². The smallest absolute Gasteiger partial charge is 0.337 e. The highest BCUT2D eigenvalue weighted by Gasteiger charge is 2.08. The van der Waals surface area contributed by atoms with Crippen molar-refractivity contribution >= 4 is 29.5 Å². The number of carbonyl (C=O) groups is 1. The van der Waals surface area contributed by atoms with Crippen LogP contribution in [-0.4, -0.2) is 22.4 Å². The van der Waals surface area contributed by atoms with Crippen molar-refractivity contribution in [2.75, 3.05) is 5.43 Å². The summed E-state index contributed by atoms with van der Waals surface area (Å²) in [5.41, 5.74) is 4.04. The number of rotatable bonds is 4. The predicted octanol–water partition coefficient (Wildman–Crippen LogP) is 3.19. The molecule has 20 heavy (non-hydrogen) atoms. The van der Waals surface area contributed by atoms with Gasteiger partial charge in [-0.1, -0.05) is 11.6 Å². The maximum absolute atomic E-state index is 10.9. The van der Waals surface area contributed by atoms with Gasteiger partial charge < -0.3 is 10.2 Å². The third-order valence-corrected chi connectivity index (χ3v) is 2.83. The highest BCUT2D eigenvalue weighted by atomic mass is 35.5. The Morgan fingerprint density at radius 2 is 1.90 bits per heavy atom. The molecule has 2 aromatic rings. The van der Waals surface area contributed by atoms with E-state index in [1.807, 2.05) is 0 Å². The van der Waals surface area contributed by atoms with Crippen LogP contribution in [0.3, 0.4) is 0 Å². The van der Waals surface area contributed by atoms with Gasteiger partial charge in [0, 0.05) is 0 Å². The number of halogens is 1. The lowest BCUT2D eigenvalue weighted by atomic mass is 10.2. The van der Waals surface area contributed by atoms with E-state index in [9.17, 15) is 4.79 Å². The van der Waals surface area contributed by atoms with E-state index in [2.05, 4.69) is 10.5 Å². The van der Waals surface area contributed by atoms with Gasteiger partial charge in [-0.25, -0.2) is 4.79 Å². The molecule has 0 saturated heterocycles. The van der Waals surface area contributed by atoms with Gasteiger partial charge in [-0.3, -0.25) is 5.43 Å². The first-order chi connectivity index (χ1) is 9.56. The average molecular weight is 291 g/mol. The summed E-state index contributed by atoms with van der Waals surface area (Å²) in [6.45, 7) is 0. The summed E-state index contributed by atoms with van der Waals surface area (Å²) >= 11 is 5.77. The summed E-state index contributed by atoms with van der Waals surface area (Å²) in [4.78, 5) is 10.9. The van der Waals surface area contributed by atoms with Crippen LogP contribution in [-0.2, 0) is 0 Å². The van der Waals surface area contributed by atoms with Gasteiger partial charge in [-0.15, -0.1) is 0 Å². The zero-order valence-corrected chi connectivity index (χ0v) is 11.0. The predicted molar refractivity (Wildman–Crippen MR) is 77.7 cm³/mol. The molecule has 0 saturated carbocycles. The fourth-order valence-electron chi connectivity index (χ4n) is 1.50. The Morgan fingerprint density at radius 1 is 1.20 bits per heavy atom. The normalized spacial score (nSPS) is 10.7. The number of anilines is 1. The second kappa shape index (κ2) is 6.08. The van der Waals surface area contributed by atoms with Gasteiger partial charge in [0.2, 0.25) is 0 Å². The van der Waals surface area contributed by atoms with Gasteiger partial charge in [-0.2, -0.15) is 5.10 Å². The van der Waals surface area contributed by atoms with Crippen LogP contribution in [0.4, 0.5) is 5.69 Å². The van der Waals surface area contributed by atoms with Crippen molar-refractivity contribution < 1.29 is 15.0 Å². The Kier molecular flexibility index (Phi) is 4.22. The van der Waals surface area contributed by atoms with Crippen molar-refractivity contribution in [2.24, 2.45) is 5.10 Å². The first kappa shape index (κ1) is 13.9. The molecule has 0 atom stereocenters. The van der Waals surface area contributed by atoms with Crippen LogP contribution in [0.25, 0.3) is 0 Å². The summed E-state index contributed by atoms with van der Waals surface area (Å²) in [5, 5.41) is 22.2. The molecule has 0 amide bonds. The molecule has 0 aliphatic carbocycles. The van der Waals surface area contributed by atoms with E-state index < -0.39 is 5.97 Å². The molecule has 0 heterocycles. The molecule has 0 bridgehead atoms. The Balaban J connectivity index is 2.09. The number of hydrazone groups is 1. The molecule has 0 spiro atoms. The minimum absolute atomic E-state index is 0.0106. The lowest BCUT2D eigenvalue weighted by molar-refractivity contribution is 0.0697. The van der Waals surface area contributed by atoms with Crippen molar-refractivity contribution in [1.82, 2.24) is 0 Å². The first-order valence-electron chi connectivity index (χ1n) is 5.67. The Bertz CT molecular complexity index is 654. The summed E-state index contributed by atoms with van der Waals surface area (Å²) in [6, 6.07) is 11.0. The molecule has 2 aromatic carbocycles. The van der Waals surface area contributed by atoms with Gasteiger partial charge in [0.05, 0.1) is 22.5 Å². The molecule has 3 N–H and O–H groups in total. The molecule has 102 valence electrons. The quantitative estimate of drug-likeness (QED) is 0.596. The third-order valence-electron chi connectivity index (χ3n) is 2.50. The van der Waals surface area contributed by atoms with Crippen molar-refractivity contribution in [2.45, 2.75) is 0 Å². The van der Waals surface area contributed by atoms with E-state index in [0.717, 1.165) is 5.56 Å². The van der Waals surface area contributed by atoms with Crippen LogP contribution in [0.5, 0.6) is 5.75 Å². The summed E-state index contributed by atoms with van der Waals surface area (Å²) in [7, 11) is 0. The minimum Gasteiger partial charge on any atom is -0.508 e. The van der Waals surface area contributed by atoms with E-state index in [4.69, 9.17) is 21.8 Å². The number of phenolic OH excluding ortho intramolecular Hbond substituents is 1. The maximum Gasteiger partial charge on any atom is 0.337 e. The molecule has 0 radical (unpaired) electrons. The number of hydrogen-bond donors (Lipinski definition) is 3. The molecule has 0 aliphatic heterocycles. The van der Waals surface area contributed by atoms with Crippen LogP contribution >= 0.6 is 11.6 Å². The molecular formula is C14H11ClN2O3. The highest BCUT2D eigenvalue weighted by molar-refractivity contribution is 6.33. The van der Waals surface area contributed by atoms with Crippen LogP contribution in [0.1, 0.15) is 15.9 Å². The Morgan fingerprint density at radius 3 is 2.55 bits per heavy atom. The molecular weight excluding hydrogens is 280 g/mol. The molecule has 5 nitrogen and oxygen atoms in total. The van der Waals surface area contributed by atoms with Crippen LogP contribution < -0.4 is 5.43 Å². The van der Waals surface area contributed by atoms with Crippen LogP contribution in [0.2, 0.25) is 5.02 Å². The SMILES string of the molecule is O=C(O)c1cc(N/N=C/c2ccc(O)cc2)ccc1Cl. The zero-order chi connectivity index (χ0) is 14.5. The second-order valence-electron chi connectivity index (χ2n) is 3.96. The average Bonchev–Trinajstić information content (AvgIpc) is 2.42. The molecule has 0 fully saturated rings. The minimum atomic E-state index is -1.10. The largest absolute Gasteiger partial charge is 0.508 e. The van der Waals surface area contributed by atoms with E-state index in [1.165, 1.54) is 12.1 Å². The van der Waals surface area contributed by atoms with E-state index in [1.54, 1.807) is 36.5 Å². The van der Waals surface area contributed by atoms with E-state index >= 15 is 0 Å². The van der Waals surface area contributed by atoms with Crippen LogP contribution in [0.15, 0.2) is 47.6 Å².